The van der Waals surface area contributed by atoms with Crippen molar-refractivity contribution in [3.05, 3.63) is 24.9 Å². The van der Waals surface area contributed by atoms with Gasteiger partial charge in [-0.3, -0.25) is 0 Å². The van der Waals surface area contributed by atoms with E-state index in [-0.39, 0.29) is 0 Å². The van der Waals surface area contributed by atoms with Crippen molar-refractivity contribution in [3.8, 4) is 11.5 Å². The lowest BCUT2D eigenvalue weighted by atomic mass is 10.5. The van der Waals surface area contributed by atoms with Gasteiger partial charge in [-0.15, -0.1) is 0 Å². The van der Waals surface area contributed by atoms with Crippen LogP contribution in [0.2, 0.25) is 0 Å². The molecule has 0 bridgehead atoms. The smallest absolute Gasteiger partial charge is 0.157 e. The van der Waals surface area contributed by atoms with Crippen LogP contribution in [-0.4, -0.2) is 19.5 Å². The first kappa shape index (κ1) is 6.15. The number of aromatic nitrogens is 4. The van der Waals surface area contributed by atoms with Crippen LogP contribution in [-0.2, 0) is 7.05 Å². The number of rotatable bonds is 1. The average Bonchev–Trinajstić information content (AvgIpc) is 2.55. The number of nitrogens with zero attached hydrogens (tertiary/aromatic N) is 3. The summed E-state index contributed by atoms with van der Waals surface area (Å²) in [7, 11) is 1.93. The van der Waals surface area contributed by atoms with E-state index in [4.69, 9.17) is 0 Å². The second-order valence-corrected chi connectivity index (χ2v) is 2.36. The lowest BCUT2D eigenvalue weighted by molar-refractivity contribution is 0.913. The van der Waals surface area contributed by atoms with Crippen molar-refractivity contribution in [3.63, 3.8) is 0 Å². The van der Waals surface area contributed by atoms with E-state index < -0.39 is 0 Å². The fraction of sp³-hybridized carbons (Fsp3) is 0.143. The van der Waals surface area contributed by atoms with Gasteiger partial charge in [0.1, 0.15) is 5.69 Å². The summed E-state index contributed by atoms with van der Waals surface area (Å²) in [6.45, 7) is 0. The minimum atomic E-state index is 0.811. The fourth-order valence-electron chi connectivity index (χ4n) is 0.940. The Balaban J connectivity index is 2.45. The highest BCUT2D eigenvalue weighted by Gasteiger charge is 2.00. The molecule has 2 aromatic heterocycles. The Kier molecular flexibility index (Phi) is 1.25. The zero-order valence-electron chi connectivity index (χ0n) is 6.15. The molecular weight excluding hydrogens is 140 g/mol. The molecule has 0 radical (unpaired) electrons. The molecule has 4 heteroatoms. The SMILES string of the molecule is Cn1cnc(-c2ncc[nH]2)c1. The van der Waals surface area contributed by atoms with E-state index in [2.05, 4.69) is 15.0 Å². The molecule has 0 atom stereocenters. The normalized spacial score (nSPS) is 10.3. The number of hydrogen-bond donors (Lipinski definition) is 1. The zero-order chi connectivity index (χ0) is 7.68. The van der Waals surface area contributed by atoms with Crippen molar-refractivity contribution in [2.45, 2.75) is 0 Å². The maximum absolute atomic E-state index is 4.13. The van der Waals surface area contributed by atoms with Crippen LogP contribution in [0.4, 0.5) is 0 Å². The first-order valence-electron chi connectivity index (χ1n) is 3.34. The van der Waals surface area contributed by atoms with Crippen LogP contribution in [0.25, 0.3) is 11.5 Å². The molecule has 1 N–H and O–H groups in total. The molecule has 0 fully saturated rings. The van der Waals surface area contributed by atoms with Crippen LogP contribution >= 0.6 is 0 Å². The average molecular weight is 148 g/mol. The molecule has 0 aliphatic carbocycles. The minimum absolute atomic E-state index is 0.811. The van der Waals surface area contributed by atoms with Gasteiger partial charge in [-0.25, -0.2) is 9.97 Å². The summed E-state index contributed by atoms with van der Waals surface area (Å²) in [5, 5.41) is 0. The van der Waals surface area contributed by atoms with Gasteiger partial charge in [0.05, 0.1) is 6.33 Å². The number of aromatic amines is 1. The van der Waals surface area contributed by atoms with Crippen LogP contribution in [0.1, 0.15) is 0 Å². The molecule has 2 aromatic rings. The van der Waals surface area contributed by atoms with Gasteiger partial charge in [-0.2, -0.15) is 0 Å². The standard InChI is InChI=1S/C7H8N4/c1-11-4-6(10-5-11)7-8-2-3-9-7/h2-5H,1H3,(H,8,9). The van der Waals surface area contributed by atoms with Gasteiger partial charge in [-0.1, -0.05) is 0 Å². The van der Waals surface area contributed by atoms with Crippen molar-refractivity contribution < 1.29 is 0 Å². The highest BCUT2D eigenvalue weighted by molar-refractivity contribution is 5.46. The highest BCUT2D eigenvalue weighted by atomic mass is 15.0. The van der Waals surface area contributed by atoms with Gasteiger partial charge in [0.25, 0.3) is 0 Å². The van der Waals surface area contributed by atoms with Crippen molar-refractivity contribution in [2.24, 2.45) is 7.05 Å². The van der Waals surface area contributed by atoms with Crippen LogP contribution in [0, 0.1) is 0 Å². The van der Waals surface area contributed by atoms with Gasteiger partial charge in [0.15, 0.2) is 5.82 Å². The Labute approximate surface area is 63.9 Å². The predicted molar refractivity (Wildman–Crippen MR) is 40.8 cm³/mol. The molecular formula is C7H8N4. The van der Waals surface area contributed by atoms with E-state index in [1.807, 2.05) is 17.8 Å². The molecule has 0 saturated carbocycles. The summed E-state index contributed by atoms with van der Waals surface area (Å²) in [6.07, 6.45) is 7.16. The Morgan fingerprint density at radius 2 is 2.36 bits per heavy atom. The highest BCUT2D eigenvalue weighted by Crippen LogP contribution is 2.08. The van der Waals surface area contributed by atoms with Gasteiger partial charge in [-0.05, 0) is 0 Å². The third kappa shape index (κ3) is 1.02. The monoisotopic (exact) mass is 148 g/mol. The number of imidazole rings is 2. The molecule has 56 valence electrons. The van der Waals surface area contributed by atoms with Crippen LogP contribution < -0.4 is 0 Å². The summed E-state index contributed by atoms with van der Waals surface area (Å²) < 4.78 is 1.89. The molecule has 0 spiro atoms. The number of aryl methyl sites for hydroxylation is 1. The summed E-state index contributed by atoms with van der Waals surface area (Å²) in [5.41, 5.74) is 0.873. The third-order valence-electron chi connectivity index (χ3n) is 1.45. The van der Waals surface area contributed by atoms with Gasteiger partial charge >= 0.3 is 0 Å². The molecule has 0 aliphatic heterocycles. The quantitative estimate of drug-likeness (QED) is 0.650. The first-order chi connectivity index (χ1) is 5.36. The van der Waals surface area contributed by atoms with Crippen LogP contribution in [0.15, 0.2) is 24.9 Å². The first-order valence-corrected chi connectivity index (χ1v) is 3.34. The summed E-state index contributed by atoms with van der Waals surface area (Å²) in [6, 6.07) is 0. The van der Waals surface area contributed by atoms with E-state index in [0.29, 0.717) is 0 Å². The third-order valence-corrected chi connectivity index (χ3v) is 1.45. The summed E-state index contributed by atoms with van der Waals surface area (Å²) >= 11 is 0. The molecule has 2 rings (SSSR count). The summed E-state index contributed by atoms with van der Waals surface area (Å²) in [4.78, 5) is 11.2. The molecule has 0 saturated heterocycles. The molecule has 11 heavy (non-hydrogen) atoms. The Hall–Kier alpha value is -1.58. The topological polar surface area (TPSA) is 46.5 Å². The Morgan fingerprint density at radius 1 is 1.45 bits per heavy atom. The van der Waals surface area contributed by atoms with Crippen molar-refractivity contribution in [2.75, 3.05) is 0 Å². The molecule has 2 heterocycles. The minimum Gasteiger partial charge on any atom is -0.343 e. The summed E-state index contributed by atoms with van der Waals surface area (Å²) in [5.74, 6) is 0.811. The van der Waals surface area contributed by atoms with E-state index in [0.717, 1.165) is 11.5 Å². The second kappa shape index (κ2) is 2.23. The number of H-pyrrole nitrogens is 1. The van der Waals surface area contributed by atoms with Gasteiger partial charge in [0, 0.05) is 25.6 Å². The molecule has 0 unspecified atom stereocenters. The molecule has 0 amide bonds. The van der Waals surface area contributed by atoms with Gasteiger partial charge in [0.2, 0.25) is 0 Å². The Morgan fingerprint density at radius 3 is 2.91 bits per heavy atom. The van der Waals surface area contributed by atoms with Crippen molar-refractivity contribution in [1.29, 1.82) is 0 Å². The molecule has 0 aromatic carbocycles. The maximum Gasteiger partial charge on any atom is 0.157 e. The van der Waals surface area contributed by atoms with Crippen molar-refractivity contribution >= 4 is 0 Å². The zero-order valence-corrected chi connectivity index (χ0v) is 6.15. The lowest BCUT2D eigenvalue weighted by Crippen LogP contribution is -1.79. The number of hydrogen-bond acceptors (Lipinski definition) is 2. The lowest BCUT2D eigenvalue weighted by Gasteiger charge is -1.85. The van der Waals surface area contributed by atoms with E-state index in [9.17, 15) is 0 Å². The van der Waals surface area contributed by atoms with Crippen molar-refractivity contribution in [1.82, 2.24) is 19.5 Å². The maximum atomic E-state index is 4.13. The molecule has 4 nitrogen and oxygen atoms in total. The van der Waals surface area contributed by atoms with Crippen LogP contribution in [0.5, 0.6) is 0 Å². The predicted octanol–water partition coefficient (Wildman–Crippen LogP) is 0.810. The Bertz CT molecular complexity index is 333. The number of nitrogens with one attached hydrogen (secondary N) is 1. The van der Waals surface area contributed by atoms with E-state index >= 15 is 0 Å². The van der Waals surface area contributed by atoms with Crippen LogP contribution in [0.3, 0.4) is 0 Å². The largest absolute Gasteiger partial charge is 0.343 e. The van der Waals surface area contributed by atoms with Gasteiger partial charge < -0.3 is 9.55 Å². The molecule has 0 aliphatic rings. The van der Waals surface area contributed by atoms with E-state index in [1.165, 1.54) is 0 Å². The second-order valence-electron chi connectivity index (χ2n) is 2.36. The van der Waals surface area contributed by atoms with E-state index in [1.54, 1.807) is 18.7 Å². The fourth-order valence-corrected chi connectivity index (χ4v) is 0.940.